The second kappa shape index (κ2) is 8.34. The Morgan fingerprint density at radius 2 is 1.89 bits per heavy atom. The summed E-state index contributed by atoms with van der Waals surface area (Å²) in [5.74, 6) is 0.623. The Bertz CT molecular complexity index is 965. The Kier molecular flexibility index (Phi) is 6.30. The lowest BCUT2D eigenvalue weighted by Crippen LogP contribution is -2.26. The molecule has 1 saturated heterocycles. The van der Waals surface area contributed by atoms with E-state index in [0.717, 1.165) is 20.4 Å². The standard InChI is InChI=1S/C19H15Cl2IN2O2S/c1-23-16(18(25)24(2)19(23)27)8-11-3-6-17(15(22)7-11)26-10-12-4-5-13(20)9-14(12)21/h3-9H,10H2,1-2H3/b16-8-. The number of hydrogen-bond acceptors (Lipinski definition) is 3. The molecule has 1 aliphatic rings. The van der Waals surface area contributed by atoms with E-state index < -0.39 is 0 Å². The highest BCUT2D eigenvalue weighted by atomic mass is 127. The predicted molar refractivity (Wildman–Crippen MR) is 121 cm³/mol. The third-order valence-corrected chi connectivity index (χ3v) is 6.09. The number of amides is 1. The fourth-order valence-electron chi connectivity index (χ4n) is 2.56. The van der Waals surface area contributed by atoms with Crippen LogP contribution in [-0.4, -0.2) is 34.9 Å². The average molecular weight is 533 g/mol. The fourth-order valence-corrected chi connectivity index (χ4v) is 3.90. The third kappa shape index (κ3) is 4.39. The van der Waals surface area contributed by atoms with Crippen LogP contribution >= 0.6 is 58.0 Å². The third-order valence-electron chi connectivity index (χ3n) is 4.12. The van der Waals surface area contributed by atoms with Gasteiger partial charge in [-0.2, -0.15) is 0 Å². The summed E-state index contributed by atoms with van der Waals surface area (Å²) in [6.07, 6.45) is 1.82. The van der Waals surface area contributed by atoms with Gasteiger partial charge in [0.25, 0.3) is 5.91 Å². The minimum Gasteiger partial charge on any atom is -0.488 e. The van der Waals surface area contributed by atoms with Crippen molar-refractivity contribution in [3.63, 3.8) is 0 Å². The first kappa shape index (κ1) is 20.4. The van der Waals surface area contributed by atoms with Crippen molar-refractivity contribution in [1.82, 2.24) is 9.80 Å². The van der Waals surface area contributed by atoms with Crippen LogP contribution in [0.1, 0.15) is 11.1 Å². The number of nitrogens with zero attached hydrogens (tertiary/aromatic N) is 2. The van der Waals surface area contributed by atoms with Gasteiger partial charge in [0.15, 0.2) is 5.11 Å². The topological polar surface area (TPSA) is 32.8 Å². The molecule has 0 aromatic heterocycles. The van der Waals surface area contributed by atoms with Gasteiger partial charge in [-0.05, 0) is 70.7 Å². The molecule has 8 heteroatoms. The van der Waals surface area contributed by atoms with Gasteiger partial charge in [0.1, 0.15) is 18.1 Å². The molecular weight excluding hydrogens is 518 g/mol. The molecule has 27 heavy (non-hydrogen) atoms. The molecule has 0 atom stereocenters. The quantitative estimate of drug-likeness (QED) is 0.307. The second-order valence-electron chi connectivity index (χ2n) is 5.95. The monoisotopic (exact) mass is 532 g/mol. The molecule has 1 heterocycles. The number of rotatable bonds is 4. The molecule has 0 unspecified atom stereocenters. The molecule has 1 amide bonds. The summed E-state index contributed by atoms with van der Waals surface area (Å²) in [5, 5.41) is 1.65. The molecule has 0 spiro atoms. The summed E-state index contributed by atoms with van der Waals surface area (Å²) in [6.45, 7) is 0.340. The van der Waals surface area contributed by atoms with E-state index in [1.54, 1.807) is 31.1 Å². The smallest absolute Gasteiger partial charge is 0.276 e. The molecule has 0 saturated carbocycles. The summed E-state index contributed by atoms with van der Waals surface area (Å²) in [6, 6.07) is 11.0. The van der Waals surface area contributed by atoms with Gasteiger partial charge in [-0.1, -0.05) is 35.3 Å². The van der Waals surface area contributed by atoms with Crippen molar-refractivity contribution in [3.05, 3.63) is 66.8 Å². The van der Waals surface area contributed by atoms with Crippen LogP contribution in [0.4, 0.5) is 0 Å². The lowest BCUT2D eigenvalue weighted by Gasteiger charge is -2.12. The largest absolute Gasteiger partial charge is 0.488 e. The van der Waals surface area contributed by atoms with Crippen LogP contribution in [0.15, 0.2) is 42.1 Å². The van der Waals surface area contributed by atoms with Gasteiger partial charge in [-0.25, -0.2) is 0 Å². The number of thiocarbonyl (C=S) groups is 1. The first-order valence-electron chi connectivity index (χ1n) is 7.91. The highest BCUT2D eigenvalue weighted by Crippen LogP contribution is 2.28. The summed E-state index contributed by atoms with van der Waals surface area (Å²) in [5.41, 5.74) is 2.29. The normalized spacial score (nSPS) is 15.8. The number of carbonyl (C=O) groups excluding carboxylic acids is 1. The molecule has 2 aromatic rings. The zero-order chi connectivity index (χ0) is 19.7. The number of ether oxygens (including phenoxy) is 1. The number of halogens is 3. The van der Waals surface area contributed by atoms with Crippen molar-refractivity contribution in [3.8, 4) is 5.75 Å². The lowest BCUT2D eigenvalue weighted by atomic mass is 10.1. The average Bonchev–Trinajstić information content (AvgIpc) is 2.80. The van der Waals surface area contributed by atoms with E-state index in [1.165, 1.54) is 4.90 Å². The number of benzene rings is 2. The Morgan fingerprint density at radius 1 is 1.15 bits per heavy atom. The molecule has 0 N–H and O–H groups in total. The van der Waals surface area contributed by atoms with Crippen molar-refractivity contribution >= 4 is 75.1 Å². The molecule has 1 fully saturated rings. The van der Waals surface area contributed by atoms with Crippen LogP contribution in [0.25, 0.3) is 6.08 Å². The van der Waals surface area contributed by atoms with E-state index in [2.05, 4.69) is 22.6 Å². The first-order valence-corrected chi connectivity index (χ1v) is 10.2. The van der Waals surface area contributed by atoms with E-state index in [4.69, 9.17) is 40.2 Å². The molecule has 4 nitrogen and oxygen atoms in total. The number of carbonyl (C=O) groups is 1. The zero-order valence-corrected chi connectivity index (χ0v) is 19.0. The summed E-state index contributed by atoms with van der Waals surface area (Å²) in [4.78, 5) is 15.4. The van der Waals surface area contributed by atoms with Gasteiger partial charge < -0.3 is 9.64 Å². The van der Waals surface area contributed by atoms with Gasteiger partial charge >= 0.3 is 0 Å². The first-order chi connectivity index (χ1) is 12.8. The summed E-state index contributed by atoms with van der Waals surface area (Å²) >= 11 is 19.5. The molecule has 2 aromatic carbocycles. The van der Waals surface area contributed by atoms with E-state index in [-0.39, 0.29) is 5.91 Å². The Hall–Kier alpha value is -1.35. The van der Waals surface area contributed by atoms with Crippen LogP contribution in [0.2, 0.25) is 10.0 Å². The predicted octanol–water partition coefficient (Wildman–Crippen LogP) is 5.21. The number of hydrogen-bond donors (Lipinski definition) is 0. The van der Waals surface area contributed by atoms with Crippen LogP contribution in [0.3, 0.4) is 0 Å². The molecular formula is C19H15Cl2IN2O2S. The van der Waals surface area contributed by atoms with Gasteiger partial charge in [0, 0.05) is 29.7 Å². The van der Waals surface area contributed by atoms with Crippen LogP contribution in [0, 0.1) is 3.57 Å². The lowest BCUT2D eigenvalue weighted by molar-refractivity contribution is -0.121. The van der Waals surface area contributed by atoms with E-state index in [1.807, 2.05) is 30.3 Å². The Labute approximate surface area is 186 Å². The maximum Gasteiger partial charge on any atom is 0.276 e. The Balaban J connectivity index is 1.77. The fraction of sp³-hybridized carbons (Fsp3) is 0.158. The van der Waals surface area contributed by atoms with Crippen LogP contribution in [0.5, 0.6) is 5.75 Å². The molecule has 0 bridgehead atoms. The minimum absolute atomic E-state index is 0.116. The van der Waals surface area contributed by atoms with Crippen molar-refractivity contribution in [2.24, 2.45) is 0 Å². The minimum atomic E-state index is -0.116. The highest BCUT2D eigenvalue weighted by Gasteiger charge is 2.32. The molecule has 0 radical (unpaired) electrons. The molecule has 3 rings (SSSR count). The van der Waals surface area contributed by atoms with Gasteiger partial charge in [-0.3, -0.25) is 9.69 Å². The highest BCUT2D eigenvalue weighted by molar-refractivity contribution is 14.1. The van der Waals surface area contributed by atoms with Crippen molar-refractivity contribution in [2.45, 2.75) is 6.61 Å². The van der Waals surface area contributed by atoms with E-state index in [9.17, 15) is 4.79 Å². The van der Waals surface area contributed by atoms with Crippen molar-refractivity contribution in [2.75, 3.05) is 14.1 Å². The second-order valence-corrected chi connectivity index (χ2v) is 8.32. The van der Waals surface area contributed by atoms with E-state index >= 15 is 0 Å². The number of likely N-dealkylation sites (N-methyl/N-ethyl adjacent to an activating group) is 2. The molecule has 140 valence electrons. The SMILES string of the molecule is CN1C(=O)/C(=C/c2ccc(OCc3ccc(Cl)cc3Cl)c(I)c2)N(C)C1=S. The van der Waals surface area contributed by atoms with Crippen molar-refractivity contribution in [1.29, 1.82) is 0 Å². The van der Waals surface area contributed by atoms with Gasteiger partial charge in [0.05, 0.1) is 3.57 Å². The maximum absolute atomic E-state index is 12.3. The molecule has 0 aliphatic carbocycles. The van der Waals surface area contributed by atoms with Crippen molar-refractivity contribution < 1.29 is 9.53 Å². The van der Waals surface area contributed by atoms with Crippen LogP contribution < -0.4 is 4.74 Å². The van der Waals surface area contributed by atoms with Gasteiger partial charge in [0.2, 0.25) is 0 Å². The van der Waals surface area contributed by atoms with E-state index in [0.29, 0.717) is 27.5 Å². The van der Waals surface area contributed by atoms with Gasteiger partial charge in [-0.15, -0.1) is 0 Å². The zero-order valence-electron chi connectivity index (χ0n) is 14.5. The maximum atomic E-state index is 12.3. The summed E-state index contributed by atoms with van der Waals surface area (Å²) in [7, 11) is 3.46. The molecule has 1 aliphatic heterocycles. The van der Waals surface area contributed by atoms with Crippen LogP contribution in [-0.2, 0) is 11.4 Å². The Morgan fingerprint density at radius 3 is 2.48 bits per heavy atom. The summed E-state index contributed by atoms with van der Waals surface area (Å²) < 4.78 is 6.81.